The highest BCUT2D eigenvalue weighted by Crippen LogP contribution is 2.27. The molecule has 0 aliphatic carbocycles. The normalized spacial score (nSPS) is 10.1. The van der Waals surface area contributed by atoms with E-state index < -0.39 is 4.92 Å². The molecule has 0 aromatic heterocycles. The lowest BCUT2D eigenvalue weighted by Crippen LogP contribution is -2.03. The third-order valence-corrected chi connectivity index (χ3v) is 3.01. The van der Waals surface area contributed by atoms with Gasteiger partial charge in [0.1, 0.15) is 5.02 Å². The Labute approximate surface area is 104 Å². The van der Waals surface area contributed by atoms with Crippen LogP contribution in [-0.4, -0.2) is 23.5 Å². The number of nitro groups is 1. The minimum Gasteiger partial charge on any atom is -0.385 e. The van der Waals surface area contributed by atoms with Gasteiger partial charge in [-0.15, -0.1) is 0 Å². The van der Waals surface area contributed by atoms with E-state index in [1.165, 1.54) is 12.1 Å². The predicted molar refractivity (Wildman–Crippen MR) is 69.6 cm³/mol. The molecule has 0 bridgehead atoms. The van der Waals surface area contributed by atoms with Gasteiger partial charge in [-0.1, -0.05) is 11.6 Å². The SMILES string of the molecule is CSCCCNc1ccc(Cl)c([N+](=O)[O-])c1. The van der Waals surface area contributed by atoms with E-state index in [0.717, 1.165) is 24.4 Å². The molecule has 0 unspecified atom stereocenters. The van der Waals surface area contributed by atoms with Crippen LogP contribution in [-0.2, 0) is 0 Å². The molecule has 0 fully saturated rings. The monoisotopic (exact) mass is 260 g/mol. The predicted octanol–water partition coefficient (Wildman–Crippen LogP) is 3.41. The van der Waals surface area contributed by atoms with Crippen LogP contribution in [0.4, 0.5) is 11.4 Å². The number of nitro benzene ring substituents is 1. The van der Waals surface area contributed by atoms with Crippen LogP contribution in [0.1, 0.15) is 6.42 Å². The van der Waals surface area contributed by atoms with Crippen LogP contribution in [0, 0.1) is 10.1 Å². The summed E-state index contributed by atoms with van der Waals surface area (Å²) in [6, 6.07) is 4.74. The van der Waals surface area contributed by atoms with E-state index >= 15 is 0 Å². The maximum Gasteiger partial charge on any atom is 0.289 e. The summed E-state index contributed by atoms with van der Waals surface area (Å²) in [6.45, 7) is 0.805. The molecule has 0 saturated heterocycles. The van der Waals surface area contributed by atoms with E-state index in [1.807, 2.05) is 6.26 Å². The van der Waals surface area contributed by atoms with Crippen molar-refractivity contribution < 1.29 is 4.92 Å². The molecule has 6 heteroatoms. The topological polar surface area (TPSA) is 55.2 Å². The molecule has 0 saturated carbocycles. The molecule has 16 heavy (non-hydrogen) atoms. The van der Waals surface area contributed by atoms with Crippen molar-refractivity contribution in [3.63, 3.8) is 0 Å². The Balaban J connectivity index is 2.61. The number of halogens is 1. The molecule has 1 rings (SSSR count). The summed E-state index contributed by atoms with van der Waals surface area (Å²) in [7, 11) is 0. The average Bonchev–Trinajstić information content (AvgIpc) is 2.26. The van der Waals surface area contributed by atoms with Crippen LogP contribution in [0.5, 0.6) is 0 Å². The molecule has 1 aromatic rings. The minimum absolute atomic E-state index is 0.0588. The fraction of sp³-hybridized carbons (Fsp3) is 0.400. The van der Waals surface area contributed by atoms with Gasteiger partial charge in [-0.3, -0.25) is 10.1 Å². The molecule has 0 amide bonds. The summed E-state index contributed by atoms with van der Waals surface area (Å²) in [5, 5.41) is 13.9. The van der Waals surface area contributed by atoms with Crippen molar-refractivity contribution in [3.05, 3.63) is 33.3 Å². The molecule has 1 aromatic carbocycles. The standard InChI is InChI=1S/C10H13ClN2O2S/c1-16-6-2-5-12-8-3-4-9(11)10(7-8)13(14)15/h3-4,7,12H,2,5-6H2,1H3. The van der Waals surface area contributed by atoms with E-state index in [2.05, 4.69) is 5.32 Å². The van der Waals surface area contributed by atoms with Crippen molar-refractivity contribution in [1.82, 2.24) is 0 Å². The molecule has 0 atom stereocenters. The summed E-state index contributed by atoms with van der Waals surface area (Å²) in [5.74, 6) is 1.07. The van der Waals surface area contributed by atoms with Gasteiger partial charge in [-0.05, 0) is 30.6 Å². The Morgan fingerprint density at radius 3 is 2.94 bits per heavy atom. The van der Waals surface area contributed by atoms with Crippen LogP contribution in [0.15, 0.2) is 18.2 Å². The van der Waals surface area contributed by atoms with Crippen LogP contribution in [0.25, 0.3) is 0 Å². The van der Waals surface area contributed by atoms with Crippen molar-refractivity contribution in [3.8, 4) is 0 Å². The Morgan fingerprint density at radius 2 is 2.31 bits per heavy atom. The molecule has 1 N–H and O–H groups in total. The van der Waals surface area contributed by atoms with Crippen molar-refractivity contribution in [1.29, 1.82) is 0 Å². The molecule has 0 heterocycles. The molecule has 0 aliphatic heterocycles. The van der Waals surface area contributed by atoms with Crippen molar-refractivity contribution in [2.45, 2.75) is 6.42 Å². The highest BCUT2D eigenvalue weighted by molar-refractivity contribution is 7.98. The van der Waals surface area contributed by atoms with Gasteiger partial charge in [0.25, 0.3) is 5.69 Å². The van der Waals surface area contributed by atoms with E-state index in [-0.39, 0.29) is 10.7 Å². The minimum atomic E-state index is -0.477. The number of hydrogen-bond acceptors (Lipinski definition) is 4. The van der Waals surface area contributed by atoms with Crippen molar-refractivity contribution in [2.24, 2.45) is 0 Å². The first-order chi connectivity index (χ1) is 7.65. The lowest BCUT2D eigenvalue weighted by atomic mass is 10.2. The lowest BCUT2D eigenvalue weighted by molar-refractivity contribution is -0.384. The second-order valence-corrected chi connectivity index (χ2v) is 4.59. The zero-order valence-electron chi connectivity index (χ0n) is 8.90. The molecule has 0 aliphatic rings. The van der Waals surface area contributed by atoms with Gasteiger partial charge in [-0.25, -0.2) is 0 Å². The number of thioether (sulfide) groups is 1. The number of nitrogens with one attached hydrogen (secondary N) is 1. The largest absolute Gasteiger partial charge is 0.385 e. The second-order valence-electron chi connectivity index (χ2n) is 3.20. The van der Waals surface area contributed by atoms with E-state index in [9.17, 15) is 10.1 Å². The number of hydrogen-bond donors (Lipinski definition) is 1. The lowest BCUT2D eigenvalue weighted by Gasteiger charge is -2.05. The van der Waals surface area contributed by atoms with E-state index in [0.29, 0.717) is 0 Å². The Hall–Kier alpha value is -0.940. The summed E-state index contributed by atoms with van der Waals surface area (Å²) >= 11 is 7.48. The first kappa shape index (κ1) is 13.1. The molecule has 0 radical (unpaired) electrons. The summed E-state index contributed by atoms with van der Waals surface area (Å²) in [4.78, 5) is 10.2. The van der Waals surface area contributed by atoms with E-state index in [4.69, 9.17) is 11.6 Å². The highest BCUT2D eigenvalue weighted by Gasteiger charge is 2.12. The van der Waals surface area contributed by atoms with Gasteiger partial charge in [0.05, 0.1) is 4.92 Å². The first-order valence-electron chi connectivity index (χ1n) is 4.82. The van der Waals surface area contributed by atoms with Crippen LogP contribution in [0.3, 0.4) is 0 Å². The maximum atomic E-state index is 10.6. The Morgan fingerprint density at radius 1 is 1.56 bits per heavy atom. The molecule has 0 spiro atoms. The second kappa shape index (κ2) is 6.60. The van der Waals surface area contributed by atoms with Gasteiger partial charge in [0.2, 0.25) is 0 Å². The molecule has 88 valence electrons. The third-order valence-electron chi connectivity index (χ3n) is 2.00. The van der Waals surface area contributed by atoms with E-state index in [1.54, 1.807) is 17.8 Å². The Bertz CT molecular complexity index is 374. The maximum absolute atomic E-state index is 10.6. The van der Waals surface area contributed by atoms with Crippen molar-refractivity contribution >= 4 is 34.7 Å². The summed E-state index contributed by atoms with van der Waals surface area (Å²) < 4.78 is 0. The number of benzene rings is 1. The quantitative estimate of drug-likeness (QED) is 0.484. The number of anilines is 1. The fourth-order valence-electron chi connectivity index (χ4n) is 1.21. The van der Waals surface area contributed by atoms with Crippen molar-refractivity contribution in [2.75, 3.05) is 23.9 Å². The average molecular weight is 261 g/mol. The Kier molecular flexibility index (Phi) is 5.42. The van der Waals surface area contributed by atoms with Gasteiger partial charge >= 0.3 is 0 Å². The third kappa shape index (κ3) is 3.90. The van der Waals surface area contributed by atoms with Gasteiger partial charge < -0.3 is 5.32 Å². The van der Waals surface area contributed by atoms with Crippen LogP contribution < -0.4 is 5.32 Å². The molecule has 4 nitrogen and oxygen atoms in total. The fourth-order valence-corrected chi connectivity index (χ4v) is 1.83. The van der Waals surface area contributed by atoms with Crippen LogP contribution in [0.2, 0.25) is 5.02 Å². The number of nitrogens with zero attached hydrogens (tertiary/aromatic N) is 1. The zero-order chi connectivity index (χ0) is 12.0. The molecular weight excluding hydrogens is 248 g/mol. The van der Waals surface area contributed by atoms with Crippen LogP contribution >= 0.6 is 23.4 Å². The zero-order valence-corrected chi connectivity index (χ0v) is 10.5. The summed E-state index contributed by atoms with van der Waals surface area (Å²) in [6.07, 6.45) is 3.07. The smallest absolute Gasteiger partial charge is 0.289 e. The summed E-state index contributed by atoms with van der Waals surface area (Å²) in [5.41, 5.74) is 0.675. The van der Waals surface area contributed by atoms with Gasteiger partial charge in [-0.2, -0.15) is 11.8 Å². The van der Waals surface area contributed by atoms with Gasteiger partial charge in [0.15, 0.2) is 0 Å². The highest BCUT2D eigenvalue weighted by atomic mass is 35.5. The van der Waals surface area contributed by atoms with Gasteiger partial charge in [0, 0.05) is 18.3 Å². The molecular formula is C10H13ClN2O2S. The number of rotatable bonds is 6. The first-order valence-corrected chi connectivity index (χ1v) is 6.59.